The number of hydrogen-bond donors (Lipinski definition) is 1. The number of allylic oxidation sites excluding steroid dienone is 4. The summed E-state index contributed by atoms with van der Waals surface area (Å²) < 4.78 is 1.40. The zero-order valence-corrected chi connectivity index (χ0v) is 7.76. The molecule has 0 aromatic heterocycles. The fraction of sp³-hybridized carbons (Fsp3) is 0. The van der Waals surface area contributed by atoms with Crippen molar-refractivity contribution in [1.29, 1.82) is 0 Å². The van der Waals surface area contributed by atoms with Crippen LogP contribution in [0.4, 0.5) is 0 Å². The van der Waals surface area contributed by atoms with Crippen LogP contribution < -0.4 is 5.32 Å². The van der Waals surface area contributed by atoms with Gasteiger partial charge >= 0.3 is 62.1 Å². The molecule has 0 atom stereocenters. The fourth-order valence-electron chi connectivity index (χ4n) is 0.470. The van der Waals surface area contributed by atoms with Crippen LogP contribution in [0.25, 0.3) is 0 Å². The summed E-state index contributed by atoms with van der Waals surface area (Å²) in [4.78, 5) is 0. The first-order chi connectivity index (χ1) is 3.89. The molecule has 1 N–H and O–H groups in total. The van der Waals surface area contributed by atoms with Crippen molar-refractivity contribution < 1.29 is 0 Å². The van der Waals surface area contributed by atoms with E-state index < -0.39 is 0 Å². The molecule has 40 valence electrons. The maximum absolute atomic E-state index is 2.99. The van der Waals surface area contributed by atoms with Crippen LogP contribution in [0.5, 0.6) is 0 Å². The Morgan fingerprint density at radius 1 is 1.38 bits per heavy atom. The molecule has 0 bridgehead atoms. The van der Waals surface area contributed by atoms with Crippen molar-refractivity contribution in [3.05, 3.63) is 34.2 Å². The summed E-state index contributed by atoms with van der Waals surface area (Å²) in [6.07, 6.45) is 10.1. The molecule has 0 unspecified atom stereocenters. The second kappa shape index (κ2) is 2.97. The topological polar surface area (TPSA) is 12.0 Å². The third kappa shape index (κ3) is 1.74. The van der Waals surface area contributed by atoms with Crippen LogP contribution in [0.3, 0.4) is 0 Å². The van der Waals surface area contributed by atoms with Crippen molar-refractivity contribution in [2.45, 2.75) is 0 Å². The van der Waals surface area contributed by atoms with Gasteiger partial charge in [-0.25, -0.2) is 0 Å². The zero-order chi connectivity index (χ0) is 5.82. The van der Waals surface area contributed by atoms with Gasteiger partial charge in [0.2, 0.25) is 0 Å². The molecule has 8 heavy (non-hydrogen) atoms. The molecule has 1 aliphatic rings. The molecular formula is C6H7NSn. The van der Waals surface area contributed by atoms with Gasteiger partial charge in [-0.05, 0) is 0 Å². The van der Waals surface area contributed by atoms with E-state index in [1.165, 1.54) is 26.1 Å². The Bertz CT molecular complexity index is 156. The molecule has 1 nitrogen and oxygen atoms in total. The molecule has 1 rings (SSSR count). The summed E-state index contributed by atoms with van der Waals surface area (Å²) in [5, 5.41) is 2.99. The van der Waals surface area contributed by atoms with Crippen molar-refractivity contribution in [3.8, 4) is 0 Å². The van der Waals surface area contributed by atoms with E-state index in [2.05, 4.69) is 17.5 Å². The van der Waals surface area contributed by atoms with Crippen LogP contribution >= 0.6 is 0 Å². The van der Waals surface area contributed by atoms with E-state index in [0.717, 1.165) is 0 Å². The Balaban J connectivity index is 2.73. The molecule has 1 heterocycles. The molecule has 0 aromatic carbocycles. The van der Waals surface area contributed by atoms with Crippen LogP contribution in [0, 0.1) is 0 Å². The van der Waals surface area contributed by atoms with Gasteiger partial charge in [-0.15, -0.1) is 0 Å². The van der Waals surface area contributed by atoms with Crippen molar-refractivity contribution in [1.82, 2.24) is 5.32 Å². The molecule has 0 amide bonds. The van der Waals surface area contributed by atoms with Gasteiger partial charge in [0.1, 0.15) is 0 Å². The SMILES string of the molecule is [SnH][C]1=CC=CNC=C1. The van der Waals surface area contributed by atoms with Gasteiger partial charge < -0.3 is 0 Å². The molecule has 0 aliphatic carbocycles. The van der Waals surface area contributed by atoms with Gasteiger partial charge in [-0.2, -0.15) is 0 Å². The molecular weight excluding hydrogens is 205 g/mol. The van der Waals surface area contributed by atoms with Gasteiger partial charge in [0.25, 0.3) is 0 Å². The normalized spacial score (nSPS) is 16.9. The van der Waals surface area contributed by atoms with Crippen molar-refractivity contribution in [2.75, 3.05) is 0 Å². The van der Waals surface area contributed by atoms with E-state index in [0.29, 0.717) is 0 Å². The molecule has 0 saturated heterocycles. The fourth-order valence-corrected chi connectivity index (χ4v) is 1.06. The summed E-state index contributed by atoms with van der Waals surface area (Å²) in [6, 6.07) is 0. The van der Waals surface area contributed by atoms with E-state index in [4.69, 9.17) is 0 Å². The first kappa shape index (κ1) is 5.95. The molecule has 2 heteroatoms. The summed E-state index contributed by atoms with van der Waals surface area (Å²) >= 11 is 1.19. The van der Waals surface area contributed by atoms with Gasteiger partial charge in [0, 0.05) is 0 Å². The summed E-state index contributed by atoms with van der Waals surface area (Å²) in [7, 11) is 0. The van der Waals surface area contributed by atoms with Crippen LogP contribution in [-0.2, 0) is 0 Å². The van der Waals surface area contributed by atoms with E-state index in [1.54, 1.807) is 0 Å². The second-order valence-electron chi connectivity index (χ2n) is 1.53. The average Bonchev–Trinajstić information content (AvgIpc) is 1.94. The Labute approximate surface area is 62.2 Å². The summed E-state index contributed by atoms with van der Waals surface area (Å²) in [6.45, 7) is 0. The van der Waals surface area contributed by atoms with Gasteiger partial charge in [0.05, 0.1) is 0 Å². The van der Waals surface area contributed by atoms with E-state index in [1.807, 2.05) is 18.5 Å². The van der Waals surface area contributed by atoms with Crippen molar-refractivity contribution >= 4 is 22.5 Å². The predicted molar refractivity (Wildman–Crippen MR) is 36.6 cm³/mol. The molecule has 2 radical (unpaired) electrons. The standard InChI is InChI=1S/C6H6N.Sn.H/c1-2-4-6-7-5-3-1;;/h1,3-7H;;. The third-order valence-electron chi connectivity index (χ3n) is 0.853. The minimum atomic E-state index is 1.19. The summed E-state index contributed by atoms with van der Waals surface area (Å²) in [5.41, 5.74) is 0. The van der Waals surface area contributed by atoms with Gasteiger partial charge in [-0.3, -0.25) is 0 Å². The first-order valence-corrected chi connectivity index (χ1v) is 4.09. The number of rotatable bonds is 0. The van der Waals surface area contributed by atoms with E-state index in [-0.39, 0.29) is 0 Å². The maximum atomic E-state index is 2.99. The van der Waals surface area contributed by atoms with Crippen LogP contribution in [0.1, 0.15) is 0 Å². The Morgan fingerprint density at radius 2 is 2.25 bits per heavy atom. The van der Waals surface area contributed by atoms with Crippen molar-refractivity contribution in [3.63, 3.8) is 0 Å². The minimum absolute atomic E-state index is 1.19. The Kier molecular flexibility index (Phi) is 2.21. The van der Waals surface area contributed by atoms with Gasteiger partial charge in [0.15, 0.2) is 0 Å². The third-order valence-corrected chi connectivity index (χ3v) is 1.95. The molecule has 0 spiro atoms. The summed E-state index contributed by atoms with van der Waals surface area (Å²) in [5.74, 6) is 0. The van der Waals surface area contributed by atoms with Crippen LogP contribution in [0.15, 0.2) is 34.2 Å². The molecule has 0 saturated carbocycles. The van der Waals surface area contributed by atoms with E-state index in [9.17, 15) is 0 Å². The zero-order valence-electron chi connectivity index (χ0n) is 4.46. The molecule has 0 aromatic rings. The Hall–Kier alpha value is -0.181. The van der Waals surface area contributed by atoms with Crippen LogP contribution in [0.2, 0.25) is 0 Å². The second-order valence-corrected chi connectivity index (χ2v) is 3.43. The average molecular weight is 212 g/mol. The monoisotopic (exact) mass is 213 g/mol. The predicted octanol–water partition coefficient (Wildman–Crippen LogP) is 0.402. The van der Waals surface area contributed by atoms with Gasteiger partial charge in [-0.1, -0.05) is 0 Å². The Morgan fingerprint density at radius 3 is 3.12 bits per heavy atom. The quantitative estimate of drug-likeness (QED) is 0.573. The molecule has 0 fully saturated rings. The number of nitrogens with one attached hydrogen (secondary N) is 1. The first-order valence-electron chi connectivity index (χ1n) is 2.44. The molecule has 1 aliphatic heterocycles. The van der Waals surface area contributed by atoms with Crippen molar-refractivity contribution in [2.24, 2.45) is 0 Å². The van der Waals surface area contributed by atoms with Crippen LogP contribution in [-0.4, -0.2) is 22.5 Å². The van der Waals surface area contributed by atoms with E-state index >= 15 is 0 Å². The number of hydrogen-bond acceptors (Lipinski definition) is 1.